The van der Waals surface area contributed by atoms with Gasteiger partial charge in [-0.2, -0.15) is 0 Å². The lowest BCUT2D eigenvalue weighted by atomic mass is 10.0. The number of anilines is 2. The molecule has 0 aliphatic carbocycles. The second-order valence-corrected chi connectivity index (χ2v) is 7.31. The number of carbonyl (C=O) groups excluding carboxylic acids is 2. The van der Waals surface area contributed by atoms with Crippen LogP contribution in [-0.4, -0.2) is 26.0 Å². The van der Waals surface area contributed by atoms with E-state index in [0.29, 0.717) is 27.8 Å². The quantitative estimate of drug-likeness (QED) is 0.539. The summed E-state index contributed by atoms with van der Waals surface area (Å²) in [6, 6.07) is 16.8. The van der Waals surface area contributed by atoms with Crippen molar-refractivity contribution in [3.05, 3.63) is 88.8 Å². The van der Waals surface area contributed by atoms with Gasteiger partial charge < -0.3 is 14.8 Å². The van der Waals surface area contributed by atoms with Gasteiger partial charge in [0.25, 0.3) is 11.8 Å². The van der Waals surface area contributed by atoms with Crippen molar-refractivity contribution >= 4 is 40.4 Å². The van der Waals surface area contributed by atoms with Gasteiger partial charge in [0.15, 0.2) is 11.5 Å². The van der Waals surface area contributed by atoms with Crippen LogP contribution < -0.4 is 19.7 Å². The standard InChI is InChI=1S/C24H18ClFN2O4/c1-31-19-12-9-17(13-20(19)32-2)27-22-21(14-3-5-15(25)6-4-14)23(29)28(24(22)30)18-10-7-16(26)8-11-18/h3-13,27H,1-2H3. The van der Waals surface area contributed by atoms with Crippen molar-refractivity contribution in [1.29, 1.82) is 0 Å². The summed E-state index contributed by atoms with van der Waals surface area (Å²) in [5.41, 5.74) is 1.54. The fourth-order valence-corrected chi connectivity index (χ4v) is 3.54. The Balaban J connectivity index is 1.80. The number of imide groups is 1. The van der Waals surface area contributed by atoms with Crippen molar-refractivity contribution in [2.75, 3.05) is 24.4 Å². The van der Waals surface area contributed by atoms with Crippen LogP contribution in [-0.2, 0) is 9.59 Å². The number of halogens is 2. The summed E-state index contributed by atoms with van der Waals surface area (Å²) in [7, 11) is 3.02. The van der Waals surface area contributed by atoms with E-state index >= 15 is 0 Å². The molecule has 0 atom stereocenters. The molecule has 0 saturated heterocycles. The number of nitrogens with one attached hydrogen (secondary N) is 1. The van der Waals surface area contributed by atoms with Gasteiger partial charge in [0, 0.05) is 16.8 Å². The fraction of sp³-hybridized carbons (Fsp3) is 0.0833. The Hall–Kier alpha value is -3.84. The lowest BCUT2D eigenvalue weighted by Crippen LogP contribution is -2.32. The minimum absolute atomic E-state index is 0.0777. The molecule has 0 radical (unpaired) electrons. The molecule has 3 aromatic carbocycles. The van der Waals surface area contributed by atoms with Gasteiger partial charge >= 0.3 is 0 Å². The van der Waals surface area contributed by atoms with E-state index < -0.39 is 17.6 Å². The number of carbonyl (C=O) groups is 2. The first kappa shape index (κ1) is 21.4. The van der Waals surface area contributed by atoms with Crippen molar-refractivity contribution in [2.24, 2.45) is 0 Å². The van der Waals surface area contributed by atoms with Gasteiger partial charge in [-0.25, -0.2) is 9.29 Å². The van der Waals surface area contributed by atoms with Crippen LogP contribution in [0.4, 0.5) is 15.8 Å². The lowest BCUT2D eigenvalue weighted by molar-refractivity contribution is -0.120. The van der Waals surface area contributed by atoms with Crippen LogP contribution >= 0.6 is 11.6 Å². The summed E-state index contributed by atoms with van der Waals surface area (Å²) in [5, 5.41) is 3.54. The molecule has 0 aromatic heterocycles. The monoisotopic (exact) mass is 452 g/mol. The highest BCUT2D eigenvalue weighted by Gasteiger charge is 2.40. The number of amides is 2. The van der Waals surface area contributed by atoms with Gasteiger partial charge in [0.05, 0.1) is 25.5 Å². The summed E-state index contributed by atoms with van der Waals surface area (Å²) in [4.78, 5) is 27.7. The second-order valence-electron chi connectivity index (χ2n) is 6.87. The van der Waals surface area contributed by atoms with Gasteiger partial charge in [-0.15, -0.1) is 0 Å². The highest BCUT2D eigenvalue weighted by Crippen LogP contribution is 2.36. The molecule has 32 heavy (non-hydrogen) atoms. The van der Waals surface area contributed by atoms with Gasteiger partial charge in [-0.05, 0) is 54.1 Å². The molecular weight excluding hydrogens is 435 g/mol. The molecule has 8 heteroatoms. The molecule has 6 nitrogen and oxygen atoms in total. The van der Waals surface area contributed by atoms with Gasteiger partial charge in [0.2, 0.25) is 0 Å². The Bertz CT molecular complexity index is 1220. The van der Waals surface area contributed by atoms with Crippen LogP contribution in [0.3, 0.4) is 0 Å². The van der Waals surface area contributed by atoms with E-state index in [1.165, 1.54) is 38.5 Å². The second kappa shape index (κ2) is 8.72. The number of hydrogen-bond acceptors (Lipinski definition) is 5. The minimum Gasteiger partial charge on any atom is -0.493 e. The van der Waals surface area contributed by atoms with Crippen LogP contribution in [0.15, 0.2) is 72.4 Å². The summed E-state index contributed by atoms with van der Waals surface area (Å²) >= 11 is 6.00. The summed E-state index contributed by atoms with van der Waals surface area (Å²) < 4.78 is 24.0. The average molecular weight is 453 g/mol. The number of methoxy groups -OCH3 is 2. The molecular formula is C24H18ClFN2O4. The van der Waals surface area contributed by atoms with E-state index in [1.54, 1.807) is 42.5 Å². The Morgan fingerprint density at radius 2 is 1.50 bits per heavy atom. The number of benzene rings is 3. The predicted octanol–water partition coefficient (Wildman–Crippen LogP) is 4.89. The smallest absolute Gasteiger partial charge is 0.282 e. The van der Waals surface area contributed by atoms with E-state index in [1.807, 2.05) is 0 Å². The normalized spacial score (nSPS) is 13.6. The molecule has 2 amide bonds. The summed E-state index contributed by atoms with van der Waals surface area (Å²) in [6.45, 7) is 0. The largest absolute Gasteiger partial charge is 0.493 e. The summed E-state index contributed by atoms with van der Waals surface area (Å²) in [5.74, 6) is -0.597. The van der Waals surface area contributed by atoms with E-state index in [2.05, 4.69) is 5.32 Å². The molecule has 0 fully saturated rings. The van der Waals surface area contributed by atoms with Gasteiger partial charge in [0.1, 0.15) is 11.5 Å². The Kier molecular flexibility index (Phi) is 5.83. The number of nitrogens with zero attached hydrogens (tertiary/aromatic N) is 1. The molecule has 1 aliphatic rings. The highest BCUT2D eigenvalue weighted by molar-refractivity contribution is 6.46. The maximum Gasteiger partial charge on any atom is 0.282 e. The molecule has 162 valence electrons. The Morgan fingerprint density at radius 3 is 2.12 bits per heavy atom. The maximum absolute atomic E-state index is 13.4. The van der Waals surface area contributed by atoms with Crippen LogP contribution in [0, 0.1) is 5.82 Å². The molecule has 0 spiro atoms. The minimum atomic E-state index is -0.568. The third-order valence-corrected chi connectivity index (χ3v) is 5.21. The molecule has 1 aliphatic heterocycles. The molecule has 1 heterocycles. The van der Waals surface area contributed by atoms with Crippen molar-refractivity contribution in [1.82, 2.24) is 0 Å². The zero-order valence-electron chi connectivity index (χ0n) is 17.2. The molecule has 4 rings (SSSR count). The van der Waals surface area contributed by atoms with Crippen molar-refractivity contribution in [3.63, 3.8) is 0 Å². The fourth-order valence-electron chi connectivity index (χ4n) is 3.41. The Labute approximate surface area is 188 Å². The zero-order valence-corrected chi connectivity index (χ0v) is 17.9. The topological polar surface area (TPSA) is 67.9 Å². The third-order valence-electron chi connectivity index (χ3n) is 4.95. The van der Waals surface area contributed by atoms with E-state index in [4.69, 9.17) is 21.1 Å². The predicted molar refractivity (Wildman–Crippen MR) is 120 cm³/mol. The summed E-state index contributed by atoms with van der Waals surface area (Å²) in [6.07, 6.45) is 0. The lowest BCUT2D eigenvalue weighted by Gasteiger charge is -2.15. The SMILES string of the molecule is COc1ccc(NC2=C(c3ccc(Cl)cc3)C(=O)N(c3ccc(F)cc3)C2=O)cc1OC. The number of hydrogen-bond donors (Lipinski definition) is 1. The number of ether oxygens (including phenoxy) is 2. The molecule has 3 aromatic rings. The molecule has 0 unspecified atom stereocenters. The van der Waals surface area contributed by atoms with Crippen molar-refractivity contribution < 1.29 is 23.5 Å². The average Bonchev–Trinajstić information content (AvgIpc) is 3.04. The number of rotatable bonds is 6. The molecule has 0 bridgehead atoms. The zero-order chi connectivity index (χ0) is 22.8. The van der Waals surface area contributed by atoms with Crippen molar-refractivity contribution in [3.8, 4) is 11.5 Å². The first-order chi connectivity index (χ1) is 15.4. The molecule has 0 saturated carbocycles. The maximum atomic E-state index is 13.4. The van der Waals surface area contributed by atoms with Gasteiger partial charge in [-0.1, -0.05) is 23.7 Å². The van der Waals surface area contributed by atoms with Gasteiger partial charge in [-0.3, -0.25) is 9.59 Å². The van der Waals surface area contributed by atoms with Crippen LogP contribution in [0.5, 0.6) is 11.5 Å². The van der Waals surface area contributed by atoms with E-state index in [9.17, 15) is 14.0 Å². The Morgan fingerprint density at radius 1 is 0.844 bits per heavy atom. The molecule has 1 N–H and O–H groups in total. The van der Waals surface area contributed by atoms with Crippen LogP contribution in [0.1, 0.15) is 5.56 Å². The van der Waals surface area contributed by atoms with Crippen molar-refractivity contribution in [2.45, 2.75) is 0 Å². The van der Waals surface area contributed by atoms with E-state index in [0.717, 1.165) is 4.90 Å². The highest BCUT2D eigenvalue weighted by atomic mass is 35.5. The van der Waals surface area contributed by atoms with E-state index in [-0.39, 0.29) is 17.0 Å². The van der Waals surface area contributed by atoms with Crippen LogP contribution in [0.2, 0.25) is 5.02 Å². The third kappa shape index (κ3) is 3.90. The first-order valence-electron chi connectivity index (χ1n) is 9.56. The first-order valence-corrected chi connectivity index (χ1v) is 9.94. The van der Waals surface area contributed by atoms with Crippen LogP contribution in [0.25, 0.3) is 5.57 Å².